The van der Waals surface area contributed by atoms with Crippen molar-refractivity contribution in [1.29, 1.82) is 0 Å². The molecule has 6 nitrogen and oxygen atoms in total. The third-order valence-electron chi connectivity index (χ3n) is 5.36. The fraction of sp³-hybridized carbons (Fsp3) is 0.350. The molecule has 6 heteroatoms. The van der Waals surface area contributed by atoms with E-state index in [1.165, 1.54) is 17.2 Å². The summed E-state index contributed by atoms with van der Waals surface area (Å²) in [7, 11) is 0. The van der Waals surface area contributed by atoms with Crippen molar-refractivity contribution in [3.8, 4) is 0 Å². The van der Waals surface area contributed by atoms with Crippen LogP contribution in [0.15, 0.2) is 35.1 Å². The Kier molecular flexibility index (Phi) is 3.90. The van der Waals surface area contributed by atoms with Gasteiger partial charge in [-0.25, -0.2) is 9.50 Å². The lowest BCUT2D eigenvalue weighted by Gasteiger charge is -2.35. The molecule has 3 aromatic rings. The monoisotopic (exact) mass is 350 g/mol. The molecule has 1 aromatic carbocycles. The maximum atomic E-state index is 13.1. The number of aromatic amines is 1. The van der Waals surface area contributed by atoms with Crippen molar-refractivity contribution < 1.29 is 4.79 Å². The van der Waals surface area contributed by atoms with Crippen LogP contribution in [0.4, 0.5) is 0 Å². The van der Waals surface area contributed by atoms with Gasteiger partial charge in [-0.1, -0.05) is 24.3 Å². The molecule has 4 rings (SSSR count). The summed E-state index contributed by atoms with van der Waals surface area (Å²) in [5.41, 5.74) is 5.46. The lowest BCUT2D eigenvalue weighted by atomic mass is 9.94. The first-order chi connectivity index (χ1) is 12.4. The first-order valence-electron chi connectivity index (χ1n) is 8.88. The molecular formula is C20H22N4O2. The Morgan fingerprint density at radius 3 is 2.77 bits per heavy atom. The lowest BCUT2D eigenvalue weighted by molar-refractivity contribution is -0.133. The maximum Gasteiger partial charge on any atom is 0.266 e. The molecule has 2 aromatic heterocycles. The second-order valence-electron chi connectivity index (χ2n) is 7.10. The van der Waals surface area contributed by atoms with Gasteiger partial charge in [-0.3, -0.25) is 14.7 Å². The minimum Gasteiger partial charge on any atom is -0.335 e. The molecule has 1 atom stereocenters. The fourth-order valence-corrected chi connectivity index (χ4v) is 3.88. The molecule has 0 bridgehead atoms. The average molecular weight is 350 g/mol. The van der Waals surface area contributed by atoms with E-state index in [4.69, 9.17) is 0 Å². The van der Waals surface area contributed by atoms with E-state index >= 15 is 0 Å². The highest BCUT2D eigenvalue weighted by Crippen LogP contribution is 2.24. The predicted octanol–water partition coefficient (Wildman–Crippen LogP) is 2.16. The zero-order valence-electron chi connectivity index (χ0n) is 15.2. The molecule has 0 spiro atoms. The number of benzene rings is 1. The largest absolute Gasteiger partial charge is 0.335 e. The Labute approximate surface area is 151 Å². The summed E-state index contributed by atoms with van der Waals surface area (Å²) in [5.74, 6) is 0.0915. The number of rotatable bonds is 2. The summed E-state index contributed by atoms with van der Waals surface area (Å²) in [5, 5.41) is 2.74. The minimum absolute atomic E-state index is 0.0915. The van der Waals surface area contributed by atoms with Gasteiger partial charge in [0.25, 0.3) is 5.56 Å². The van der Waals surface area contributed by atoms with Gasteiger partial charge in [-0.15, -0.1) is 0 Å². The van der Waals surface area contributed by atoms with Crippen molar-refractivity contribution in [2.75, 3.05) is 0 Å². The lowest BCUT2D eigenvalue weighted by Crippen LogP contribution is -2.43. The summed E-state index contributed by atoms with van der Waals surface area (Å²) in [6.07, 6.45) is 1.16. The summed E-state index contributed by atoms with van der Waals surface area (Å²) < 4.78 is 1.66. The van der Waals surface area contributed by atoms with E-state index in [2.05, 4.69) is 35.2 Å². The molecule has 0 saturated heterocycles. The van der Waals surface area contributed by atoms with Crippen molar-refractivity contribution in [2.45, 2.75) is 46.2 Å². The van der Waals surface area contributed by atoms with Gasteiger partial charge >= 0.3 is 0 Å². The van der Waals surface area contributed by atoms with Crippen molar-refractivity contribution >= 4 is 11.6 Å². The van der Waals surface area contributed by atoms with E-state index in [9.17, 15) is 9.59 Å². The number of fused-ring (bicyclic) bond motifs is 2. The number of H-pyrrole nitrogens is 1. The Morgan fingerprint density at radius 1 is 1.27 bits per heavy atom. The van der Waals surface area contributed by atoms with E-state index in [0.717, 1.165) is 23.4 Å². The van der Waals surface area contributed by atoms with Crippen LogP contribution in [-0.4, -0.2) is 31.4 Å². The highest BCUT2D eigenvalue weighted by molar-refractivity contribution is 5.80. The third kappa shape index (κ3) is 2.71. The predicted molar refractivity (Wildman–Crippen MR) is 99.1 cm³/mol. The van der Waals surface area contributed by atoms with Gasteiger partial charge in [-0.05, 0) is 38.3 Å². The molecule has 1 unspecified atom stereocenters. The van der Waals surface area contributed by atoms with Gasteiger partial charge < -0.3 is 4.90 Å². The number of aryl methyl sites for hydroxylation is 2. The van der Waals surface area contributed by atoms with Crippen LogP contribution in [0, 0.1) is 13.8 Å². The van der Waals surface area contributed by atoms with Crippen LogP contribution in [0.25, 0.3) is 5.65 Å². The molecule has 0 fully saturated rings. The molecule has 0 radical (unpaired) electrons. The van der Waals surface area contributed by atoms with Crippen LogP contribution >= 0.6 is 0 Å². The Hall–Kier alpha value is -2.89. The van der Waals surface area contributed by atoms with Crippen LogP contribution in [0.3, 0.4) is 0 Å². The zero-order chi connectivity index (χ0) is 18.4. The SMILES string of the molecule is Cc1nc2cc(=O)[nH]n2c(C)c1CC(=O)N1Cc2ccccc2CC1C. The van der Waals surface area contributed by atoms with Gasteiger partial charge in [0.05, 0.1) is 6.42 Å². The normalized spacial score (nSPS) is 16.7. The number of carbonyl (C=O) groups excluding carboxylic acids is 1. The Morgan fingerprint density at radius 2 is 2.00 bits per heavy atom. The van der Waals surface area contributed by atoms with Crippen molar-refractivity contribution in [2.24, 2.45) is 0 Å². The van der Waals surface area contributed by atoms with Gasteiger partial charge in [0.2, 0.25) is 5.91 Å². The number of nitrogens with one attached hydrogen (secondary N) is 1. The van der Waals surface area contributed by atoms with E-state index in [-0.39, 0.29) is 23.9 Å². The van der Waals surface area contributed by atoms with E-state index in [0.29, 0.717) is 12.2 Å². The highest BCUT2D eigenvalue weighted by Gasteiger charge is 2.27. The zero-order valence-corrected chi connectivity index (χ0v) is 15.2. The molecule has 3 heterocycles. The van der Waals surface area contributed by atoms with Crippen LogP contribution < -0.4 is 5.56 Å². The number of nitrogens with zero attached hydrogens (tertiary/aromatic N) is 3. The highest BCUT2D eigenvalue weighted by atomic mass is 16.2. The molecule has 1 aliphatic rings. The minimum atomic E-state index is -0.190. The van der Waals surface area contributed by atoms with Crippen LogP contribution in [0.2, 0.25) is 0 Å². The van der Waals surface area contributed by atoms with Crippen LogP contribution in [0.5, 0.6) is 0 Å². The Balaban J connectivity index is 1.64. The molecule has 0 saturated carbocycles. The Bertz CT molecular complexity index is 1060. The van der Waals surface area contributed by atoms with E-state index in [1.807, 2.05) is 24.8 Å². The van der Waals surface area contributed by atoms with E-state index in [1.54, 1.807) is 4.52 Å². The molecule has 26 heavy (non-hydrogen) atoms. The summed E-state index contributed by atoms with van der Waals surface area (Å²) >= 11 is 0. The maximum absolute atomic E-state index is 13.1. The molecule has 134 valence electrons. The fourth-order valence-electron chi connectivity index (χ4n) is 3.88. The second-order valence-corrected chi connectivity index (χ2v) is 7.10. The van der Waals surface area contributed by atoms with Crippen molar-refractivity contribution in [3.63, 3.8) is 0 Å². The third-order valence-corrected chi connectivity index (χ3v) is 5.36. The van der Waals surface area contributed by atoms with Gasteiger partial charge in [0, 0.05) is 35.6 Å². The number of hydrogen-bond donors (Lipinski definition) is 1. The quantitative estimate of drug-likeness (QED) is 0.770. The molecular weight excluding hydrogens is 328 g/mol. The van der Waals surface area contributed by atoms with Crippen LogP contribution in [0.1, 0.15) is 35.0 Å². The topological polar surface area (TPSA) is 70.5 Å². The van der Waals surface area contributed by atoms with Gasteiger partial charge in [-0.2, -0.15) is 0 Å². The second kappa shape index (κ2) is 6.12. The summed E-state index contributed by atoms with van der Waals surface area (Å²) in [6.45, 7) is 6.54. The summed E-state index contributed by atoms with van der Waals surface area (Å²) in [6, 6.07) is 9.94. The number of carbonyl (C=O) groups is 1. The van der Waals surface area contributed by atoms with Crippen molar-refractivity contribution in [1.82, 2.24) is 19.5 Å². The van der Waals surface area contributed by atoms with Crippen LogP contribution in [-0.2, 0) is 24.2 Å². The molecule has 1 N–H and O–H groups in total. The smallest absolute Gasteiger partial charge is 0.266 e. The number of hydrogen-bond acceptors (Lipinski definition) is 3. The average Bonchev–Trinajstić information content (AvgIpc) is 2.98. The van der Waals surface area contributed by atoms with Gasteiger partial charge in [0.1, 0.15) is 0 Å². The van der Waals surface area contributed by atoms with Crippen molar-refractivity contribution in [3.05, 3.63) is 68.8 Å². The first-order valence-corrected chi connectivity index (χ1v) is 8.88. The first kappa shape index (κ1) is 16.6. The molecule has 1 aliphatic heterocycles. The summed E-state index contributed by atoms with van der Waals surface area (Å²) in [4.78, 5) is 31.1. The molecule has 0 aliphatic carbocycles. The van der Waals surface area contributed by atoms with E-state index < -0.39 is 0 Å². The number of aromatic nitrogens is 3. The van der Waals surface area contributed by atoms with Gasteiger partial charge in [0.15, 0.2) is 5.65 Å². The standard InChI is InChI=1S/C20H22N4O2/c1-12-8-15-6-4-5-7-16(15)11-23(12)20(26)9-17-13(2)21-18-10-19(25)22-24(18)14(17)3/h4-7,10,12H,8-9,11H2,1-3H3,(H,22,25). The molecule has 1 amide bonds. The number of amides is 1.